The lowest BCUT2D eigenvalue weighted by Gasteiger charge is -2.15. The van der Waals surface area contributed by atoms with Gasteiger partial charge in [-0.2, -0.15) is 0 Å². The van der Waals surface area contributed by atoms with Crippen molar-refractivity contribution in [3.8, 4) is 0 Å². The molecule has 0 bridgehead atoms. The number of carbonyl (C=O) groups is 1. The van der Waals surface area contributed by atoms with Gasteiger partial charge in [0.05, 0.1) is 0 Å². The Kier molecular flexibility index (Phi) is 3.03. The van der Waals surface area contributed by atoms with Crippen LogP contribution in [0.15, 0.2) is 24.4 Å². The van der Waals surface area contributed by atoms with Crippen molar-refractivity contribution in [1.29, 1.82) is 0 Å². The Morgan fingerprint density at radius 2 is 2.00 bits per heavy atom. The first-order valence-electron chi connectivity index (χ1n) is 6.27. The van der Waals surface area contributed by atoms with Crippen LogP contribution in [-0.2, 0) is 13.1 Å². The van der Waals surface area contributed by atoms with Crippen molar-refractivity contribution < 1.29 is 4.79 Å². The Morgan fingerprint density at radius 3 is 2.68 bits per heavy atom. The quantitative estimate of drug-likeness (QED) is 0.814. The van der Waals surface area contributed by atoms with Crippen LogP contribution in [0.1, 0.15) is 18.1 Å². The standard InChI is InChI=1S/C14H14ClN3O/c1-2-16-14(19)18-7-11-3-9-5-13(15)17-6-10(9)4-12(11)8-18/h3-6H,2,7-8H2,1H3,(H,16,19). The molecule has 5 heteroatoms. The van der Waals surface area contributed by atoms with Gasteiger partial charge in [-0.05, 0) is 41.6 Å². The van der Waals surface area contributed by atoms with Crippen LogP contribution in [0.25, 0.3) is 10.8 Å². The van der Waals surface area contributed by atoms with Gasteiger partial charge >= 0.3 is 6.03 Å². The first-order valence-corrected chi connectivity index (χ1v) is 6.65. The molecular weight excluding hydrogens is 262 g/mol. The molecule has 2 amide bonds. The summed E-state index contributed by atoms with van der Waals surface area (Å²) in [5.41, 5.74) is 2.36. The number of benzene rings is 1. The summed E-state index contributed by atoms with van der Waals surface area (Å²) >= 11 is 5.90. The molecule has 4 nitrogen and oxygen atoms in total. The third-order valence-electron chi connectivity index (χ3n) is 3.34. The fourth-order valence-electron chi connectivity index (χ4n) is 2.43. The van der Waals surface area contributed by atoms with E-state index in [0.29, 0.717) is 24.8 Å². The first kappa shape index (κ1) is 12.2. The highest BCUT2D eigenvalue weighted by Gasteiger charge is 2.23. The van der Waals surface area contributed by atoms with Gasteiger partial charge in [0.25, 0.3) is 0 Å². The summed E-state index contributed by atoms with van der Waals surface area (Å²) in [6.45, 7) is 3.87. The molecule has 2 aromatic rings. The molecule has 0 aliphatic carbocycles. The Balaban J connectivity index is 1.95. The van der Waals surface area contributed by atoms with Crippen LogP contribution in [0.4, 0.5) is 4.79 Å². The maximum atomic E-state index is 11.8. The Bertz CT molecular complexity index is 656. The normalized spacial score (nSPS) is 13.7. The molecular formula is C14H14ClN3O. The van der Waals surface area contributed by atoms with Gasteiger partial charge in [0, 0.05) is 31.2 Å². The summed E-state index contributed by atoms with van der Waals surface area (Å²) in [6.07, 6.45) is 1.77. The van der Waals surface area contributed by atoms with Crippen molar-refractivity contribution in [2.75, 3.05) is 6.54 Å². The van der Waals surface area contributed by atoms with Gasteiger partial charge in [0.15, 0.2) is 0 Å². The van der Waals surface area contributed by atoms with E-state index in [1.807, 2.05) is 17.9 Å². The van der Waals surface area contributed by atoms with Gasteiger partial charge < -0.3 is 10.2 Å². The van der Waals surface area contributed by atoms with Crippen LogP contribution in [0.2, 0.25) is 5.15 Å². The summed E-state index contributed by atoms with van der Waals surface area (Å²) < 4.78 is 0. The molecule has 0 spiro atoms. The van der Waals surface area contributed by atoms with Crippen molar-refractivity contribution in [3.63, 3.8) is 0 Å². The topological polar surface area (TPSA) is 45.2 Å². The summed E-state index contributed by atoms with van der Waals surface area (Å²) in [6, 6.07) is 6.02. The maximum Gasteiger partial charge on any atom is 0.317 e. The minimum atomic E-state index is -0.0149. The van der Waals surface area contributed by atoms with Gasteiger partial charge in [-0.15, -0.1) is 0 Å². The lowest BCUT2D eigenvalue weighted by molar-refractivity contribution is 0.199. The minimum Gasteiger partial charge on any atom is -0.338 e. The molecule has 1 aromatic carbocycles. The molecule has 3 rings (SSSR count). The van der Waals surface area contributed by atoms with E-state index in [0.717, 1.165) is 10.8 Å². The van der Waals surface area contributed by atoms with Crippen LogP contribution < -0.4 is 5.32 Å². The van der Waals surface area contributed by atoms with Gasteiger partial charge in [0.2, 0.25) is 0 Å². The molecule has 0 radical (unpaired) electrons. The first-order chi connectivity index (χ1) is 9.17. The SMILES string of the molecule is CCNC(=O)N1Cc2cc3cnc(Cl)cc3cc2C1. The number of pyridine rings is 1. The molecule has 1 aromatic heterocycles. The van der Waals surface area contributed by atoms with E-state index in [1.165, 1.54) is 11.1 Å². The van der Waals surface area contributed by atoms with E-state index in [2.05, 4.69) is 22.4 Å². The second-order valence-electron chi connectivity index (χ2n) is 4.67. The largest absolute Gasteiger partial charge is 0.338 e. The number of nitrogens with one attached hydrogen (secondary N) is 1. The van der Waals surface area contributed by atoms with Crippen LogP contribution in [0.5, 0.6) is 0 Å². The van der Waals surface area contributed by atoms with E-state index in [9.17, 15) is 4.79 Å². The van der Waals surface area contributed by atoms with Gasteiger partial charge in [-0.25, -0.2) is 9.78 Å². The molecule has 0 atom stereocenters. The van der Waals surface area contributed by atoms with Crippen LogP contribution in [0.3, 0.4) is 0 Å². The summed E-state index contributed by atoms with van der Waals surface area (Å²) in [5, 5.41) is 5.44. The number of nitrogens with zero attached hydrogens (tertiary/aromatic N) is 2. The van der Waals surface area contributed by atoms with E-state index in [4.69, 9.17) is 11.6 Å². The molecule has 19 heavy (non-hydrogen) atoms. The highest BCUT2D eigenvalue weighted by Crippen LogP contribution is 2.28. The van der Waals surface area contributed by atoms with Crippen molar-refractivity contribution in [3.05, 3.63) is 40.7 Å². The van der Waals surface area contributed by atoms with Gasteiger partial charge in [-0.3, -0.25) is 0 Å². The fourth-order valence-corrected chi connectivity index (χ4v) is 2.60. The smallest absolute Gasteiger partial charge is 0.317 e. The number of aromatic nitrogens is 1. The zero-order chi connectivity index (χ0) is 13.4. The lowest BCUT2D eigenvalue weighted by Crippen LogP contribution is -2.36. The second kappa shape index (κ2) is 4.70. The van der Waals surface area contributed by atoms with Crippen LogP contribution >= 0.6 is 11.6 Å². The zero-order valence-corrected chi connectivity index (χ0v) is 11.4. The van der Waals surface area contributed by atoms with Gasteiger partial charge in [0.1, 0.15) is 5.15 Å². The van der Waals surface area contributed by atoms with Crippen molar-refractivity contribution in [2.45, 2.75) is 20.0 Å². The summed E-state index contributed by atoms with van der Waals surface area (Å²) in [4.78, 5) is 17.7. The average molecular weight is 276 g/mol. The number of halogens is 1. The number of rotatable bonds is 1. The van der Waals surface area contributed by atoms with E-state index < -0.39 is 0 Å². The number of fused-ring (bicyclic) bond motifs is 2. The Morgan fingerprint density at radius 1 is 1.32 bits per heavy atom. The Labute approximate surface area is 116 Å². The molecule has 1 N–H and O–H groups in total. The molecule has 0 saturated carbocycles. The van der Waals surface area contributed by atoms with Gasteiger partial charge in [-0.1, -0.05) is 11.6 Å². The third-order valence-corrected chi connectivity index (χ3v) is 3.55. The predicted molar refractivity (Wildman–Crippen MR) is 75.1 cm³/mol. The number of urea groups is 1. The fraction of sp³-hybridized carbons (Fsp3) is 0.286. The van der Waals surface area contributed by atoms with Crippen LogP contribution in [0, 0.1) is 0 Å². The predicted octanol–water partition coefficient (Wildman–Crippen LogP) is 2.93. The number of carbonyl (C=O) groups excluding carboxylic acids is 1. The van der Waals surface area contributed by atoms with Crippen LogP contribution in [-0.4, -0.2) is 22.5 Å². The number of hydrogen-bond acceptors (Lipinski definition) is 2. The highest BCUT2D eigenvalue weighted by molar-refractivity contribution is 6.30. The Hall–Kier alpha value is -1.81. The van der Waals surface area contributed by atoms with E-state index in [1.54, 1.807) is 6.20 Å². The van der Waals surface area contributed by atoms with Crippen molar-refractivity contribution >= 4 is 28.4 Å². The molecule has 0 saturated heterocycles. The summed E-state index contributed by atoms with van der Waals surface area (Å²) in [5.74, 6) is 0. The molecule has 0 fully saturated rings. The molecule has 0 unspecified atom stereocenters. The van der Waals surface area contributed by atoms with Crippen molar-refractivity contribution in [1.82, 2.24) is 15.2 Å². The summed E-state index contributed by atoms with van der Waals surface area (Å²) in [7, 11) is 0. The van der Waals surface area contributed by atoms with E-state index >= 15 is 0 Å². The van der Waals surface area contributed by atoms with Crippen molar-refractivity contribution in [2.24, 2.45) is 0 Å². The number of hydrogen-bond donors (Lipinski definition) is 1. The minimum absolute atomic E-state index is 0.0149. The maximum absolute atomic E-state index is 11.8. The second-order valence-corrected chi connectivity index (χ2v) is 5.05. The third kappa shape index (κ3) is 2.24. The zero-order valence-electron chi connectivity index (χ0n) is 10.6. The van der Waals surface area contributed by atoms with E-state index in [-0.39, 0.29) is 6.03 Å². The monoisotopic (exact) mass is 275 g/mol. The molecule has 98 valence electrons. The lowest BCUT2D eigenvalue weighted by atomic mass is 10.0. The molecule has 1 aliphatic heterocycles. The molecule has 2 heterocycles. The highest BCUT2D eigenvalue weighted by atomic mass is 35.5. The molecule has 1 aliphatic rings. The number of amides is 2. The average Bonchev–Trinajstić information content (AvgIpc) is 2.79.